The highest BCUT2D eigenvalue weighted by atomic mass is 79.9. The van der Waals surface area contributed by atoms with Crippen molar-refractivity contribution in [3.63, 3.8) is 0 Å². The number of hydrogen-bond donors (Lipinski definition) is 1. The zero-order valence-corrected chi connectivity index (χ0v) is 18.2. The molecule has 0 spiro atoms. The number of thioether (sulfide) groups is 1. The molecule has 2 aromatic heterocycles. The Morgan fingerprint density at radius 2 is 1.93 bits per heavy atom. The van der Waals surface area contributed by atoms with Crippen LogP contribution >= 0.6 is 39.0 Å². The van der Waals surface area contributed by atoms with Crippen LogP contribution in [0.1, 0.15) is 4.88 Å². The van der Waals surface area contributed by atoms with Crippen molar-refractivity contribution in [1.82, 2.24) is 10.3 Å². The van der Waals surface area contributed by atoms with Crippen LogP contribution in [0.5, 0.6) is 17.4 Å². The molecule has 0 aliphatic heterocycles. The average molecular weight is 479 g/mol. The minimum absolute atomic E-state index is 0.0109. The summed E-state index contributed by atoms with van der Waals surface area (Å²) >= 11 is 6.99. The van der Waals surface area contributed by atoms with E-state index in [-0.39, 0.29) is 12.5 Å². The largest absolute Gasteiger partial charge is 0.484 e. The van der Waals surface area contributed by atoms with Crippen molar-refractivity contribution >= 4 is 44.9 Å². The monoisotopic (exact) mass is 478 g/mol. The van der Waals surface area contributed by atoms with E-state index in [2.05, 4.69) is 38.4 Å². The number of halogens is 1. The molecule has 0 radical (unpaired) electrons. The normalized spacial score (nSPS) is 10.5. The van der Waals surface area contributed by atoms with Gasteiger partial charge >= 0.3 is 0 Å². The highest BCUT2D eigenvalue weighted by Crippen LogP contribution is 2.25. The number of nitrogens with zero attached hydrogens (tertiary/aromatic N) is 1. The van der Waals surface area contributed by atoms with Gasteiger partial charge in [-0.05, 0) is 58.4 Å². The molecule has 1 amide bonds. The van der Waals surface area contributed by atoms with Crippen LogP contribution in [-0.2, 0) is 10.5 Å². The molecule has 0 unspecified atom stereocenters. The highest BCUT2D eigenvalue weighted by Gasteiger charge is 2.04. The van der Waals surface area contributed by atoms with E-state index in [9.17, 15) is 4.79 Å². The zero-order valence-electron chi connectivity index (χ0n) is 15.0. The lowest BCUT2D eigenvalue weighted by molar-refractivity contribution is -0.122. The van der Waals surface area contributed by atoms with Crippen molar-refractivity contribution in [2.75, 3.05) is 18.9 Å². The standard InChI is InChI=1S/C20H19BrN2O3S2/c21-18-9-8-17(28-18)14-27-12-11-22-19(24)13-25-15-4-6-16(7-5-15)26-20-3-1-2-10-23-20/h1-10H,11-14H2,(H,22,24). The Morgan fingerprint density at radius 3 is 2.64 bits per heavy atom. The van der Waals surface area contributed by atoms with Gasteiger partial charge in [-0.1, -0.05) is 6.07 Å². The van der Waals surface area contributed by atoms with E-state index in [1.54, 1.807) is 59.6 Å². The second-order valence-electron chi connectivity index (χ2n) is 5.64. The van der Waals surface area contributed by atoms with Crippen molar-refractivity contribution in [2.45, 2.75) is 5.75 Å². The summed E-state index contributed by atoms with van der Waals surface area (Å²) in [7, 11) is 0. The molecule has 3 rings (SSSR count). The van der Waals surface area contributed by atoms with Crippen LogP contribution in [-0.4, -0.2) is 29.8 Å². The maximum atomic E-state index is 11.9. The number of amides is 1. The number of benzene rings is 1. The summed E-state index contributed by atoms with van der Waals surface area (Å²) in [6.45, 7) is 0.610. The first-order chi connectivity index (χ1) is 13.7. The Bertz CT molecular complexity index is 873. The van der Waals surface area contributed by atoms with Crippen LogP contribution < -0.4 is 14.8 Å². The number of rotatable bonds is 10. The van der Waals surface area contributed by atoms with Gasteiger partial charge in [-0.2, -0.15) is 11.8 Å². The third kappa shape index (κ3) is 7.18. The highest BCUT2D eigenvalue weighted by molar-refractivity contribution is 9.11. The summed E-state index contributed by atoms with van der Waals surface area (Å²) in [5.41, 5.74) is 0. The molecule has 0 aliphatic rings. The van der Waals surface area contributed by atoms with E-state index >= 15 is 0 Å². The minimum atomic E-state index is -0.131. The number of hydrogen-bond acceptors (Lipinski definition) is 6. The van der Waals surface area contributed by atoms with Crippen molar-refractivity contribution in [2.24, 2.45) is 0 Å². The molecule has 8 heteroatoms. The number of carbonyl (C=O) groups is 1. The number of carbonyl (C=O) groups excluding carboxylic acids is 1. The van der Waals surface area contributed by atoms with Crippen molar-refractivity contribution in [3.8, 4) is 17.4 Å². The van der Waals surface area contributed by atoms with Gasteiger partial charge in [0.05, 0.1) is 3.79 Å². The topological polar surface area (TPSA) is 60.5 Å². The van der Waals surface area contributed by atoms with Crippen molar-refractivity contribution in [3.05, 3.63) is 69.5 Å². The Kier molecular flexibility index (Phi) is 8.20. The fourth-order valence-electron chi connectivity index (χ4n) is 2.20. The average Bonchev–Trinajstić information content (AvgIpc) is 3.13. The molecule has 0 aliphatic carbocycles. The van der Waals surface area contributed by atoms with Crippen LogP contribution in [0.3, 0.4) is 0 Å². The van der Waals surface area contributed by atoms with Crippen LogP contribution in [0.15, 0.2) is 64.6 Å². The van der Waals surface area contributed by atoms with E-state index in [4.69, 9.17) is 9.47 Å². The minimum Gasteiger partial charge on any atom is -0.484 e. The maximum absolute atomic E-state index is 11.9. The van der Waals surface area contributed by atoms with Gasteiger partial charge in [-0.15, -0.1) is 11.3 Å². The summed E-state index contributed by atoms with van der Waals surface area (Å²) in [6, 6.07) is 16.7. The molecule has 0 fully saturated rings. The Balaban J connectivity index is 1.30. The molecule has 1 N–H and O–H groups in total. The first-order valence-electron chi connectivity index (χ1n) is 8.59. The summed E-state index contributed by atoms with van der Waals surface area (Å²) < 4.78 is 12.3. The second kappa shape index (κ2) is 11.1. The van der Waals surface area contributed by atoms with Gasteiger partial charge in [-0.3, -0.25) is 4.79 Å². The van der Waals surface area contributed by atoms with E-state index < -0.39 is 0 Å². The predicted molar refractivity (Wildman–Crippen MR) is 117 cm³/mol. The number of thiophene rings is 1. The smallest absolute Gasteiger partial charge is 0.257 e. The lowest BCUT2D eigenvalue weighted by Crippen LogP contribution is -2.30. The van der Waals surface area contributed by atoms with Crippen molar-refractivity contribution < 1.29 is 14.3 Å². The van der Waals surface area contributed by atoms with Crippen LogP contribution in [0, 0.1) is 0 Å². The van der Waals surface area contributed by atoms with Crippen LogP contribution in [0.4, 0.5) is 0 Å². The van der Waals surface area contributed by atoms with E-state index in [0.29, 0.717) is 23.9 Å². The second-order valence-corrected chi connectivity index (χ2v) is 9.29. The molecular weight excluding hydrogens is 460 g/mol. The molecule has 28 heavy (non-hydrogen) atoms. The molecule has 146 valence electrons. The Labute approximate surface area is 180 Å². The van der Waals surface area contributed by atoms with E-state index in [1.807, 2.05) is 12.1 Å². The van der Waals surface area contributed by atoms with Gasteiger partial charge in [0.15, 0.2) is 6.61 Å². The maximum Gasteiger partial charge on any atom is 0.257 e. The summed E-state index contributed by atoms with van der Waals surface area (Å²) in [5.74, 6) is 3.48. The molecule has 1 aromatic carbocycles. The number of pyridine rings is 1. The van der Waals surface area contributed by atoms with Crippen LogP contribution in [0.25, 0.3) is 0 Å². The van der Waals surface area contributed by atoms with Gasteiger partial charge in [0.25, 0.3) is 5.91 Å². The lowest BCUT2D eigenvalue weighted by atomic mass is 10.3. The number of aromatic nitrogens is 1. The Hall–Kier alpha value is -2.03. The first-order valence-corrected chi connectivity index (χ1v) is 11.4. The molecule has 0 bridgehead atoms. The van der Waals surface area contributed by atoms with Gasteiger partial charge in [-0.25, -0.2) is 4.98 Å². The van der Waals surface area contributed by atoms with Gasteiger partial charge < -0.3 is 14.8 Å². The molecule has 0 saturated heterocycles. The predicted octanol–water partition coefficient (Wildman–Crippen LogP) is 5.13. The molecule has 2 heterocycles. The number of nitrogens with one attached hydrogen (secondary N) is 1. The van der Waals surface area contributed by atoms with Crippen LogP contribution in [0.2, 0.25) is 0 Å². The summed E-state index contributed by atoms with van der Waals surface area (Å²) in [6.07, 6.45) is 1.67. The zero-order chi connectivity index (χ0) is 19.6. The van der Waals surface area contributed by atoms with E-state index in [0.717, 1.165) is 15.3 Å². The SMILES string of the molecule is O=C(COc1ccc(Oc2ccccn2)cc1)NCCSCc1ccc(Br)s1. The molecule has 5 nitrogen and oxygen atoms in total. The molecule has 0 saturated carbocycles. The fraction of sp³-hybridized carbons (Fsp3) is 0.200. The third-order valence-corrected chi connectivity index (χ3v) is 6.31. The van der Waals surface area contributed by atoms with Crippen molar-refractivity contribution in [1.29, 1.82) is 0 Å². The molecule has 3 aromatic rings. The quantitative estimate of drug-likeness (QED) is 0.409. The lowest BCUT2D eigenvalue weighted by Gasteiger charge is -2.08. The number of ether oxygens (including phenoxy) is 2. The van der Waals surface area contributed by atoms with Gasteiger partial charge in [0.2, 0.25) is 5.88 Å². The van der Waals surface area contributed by atoms with Gasteiger partial charge in [0, 0.05) is 35.2 Å². The molecular formula is C20H19BrN2O3S2. The summed E-state index contributed by atoms with van der Waals surface area (Å²) in [5, 5.41) is 2.86. The first kappa shape index (κ1) is 20.7. The summed E-state index contributed by atoms with van der Waals surface area (Å²) in [4.78, 5) is 17.3. The van der Waals surface area contributed by atoms with E-state index in [1.165, 1.54) is 4.88 Å². The third-order valence-electron chi connectivity index (χ3n) is 3.50. The Morgan fingerprint density at radius 1 is 1.11 bits per heavy atom. The van der Waals surface area contributed by atoms with Gasteiger partial charge in [0.1, 0.15) is 11.5 Å². The molecule has 0 atom stereocenters. The fourth-order valence-corrected chi connectivity index (χ4v) is 4.65.